The molecule has 1 fully saturated rings. The van der Waals surface area contributed by atoms with Gasteiger partial charge in [-0.25, -0.2) is 8.78 Å². The SMILES string of the molecule is CC1C(F)OP(F)OC1F. The molecule has 10 heavy (non-hydrogen) atoms. The first-order valence-electron chi connectivity index (χ1n) is 2.69. The van der Waals surface area contributed by atoms with Crippen LogP contribution in [0.15, 0.2) is 0 Å². The fraction of sp³-hybridized carbons (Fsp3) is 1.00. The molecule has 0 N–H and O–H groups in total. The van der Waals surface area contributed by atoms with Crippen molar-refractivity contribution in [3.05, 3.63) is 0 Å². The van der Waals surface area contributed by atoms with E-state index in [0.29, 0.717) is 0 Å². The highest BCUT2D eigenvalue weighted by atomic mass is 31.2. The third kappa shape index (κ3) is 1.59. The molecule has 0 spiro atoms. The van der Waals surface area contributed by atoms with Gasteiger partial charge in [0.2, 0.25) is 12.7 Å². The van der Waals surface area contributed by atoms with Gasteiger partial charge in [0.05, 0.1) is 5.92 Å². The highest BCUT2D eigenvalue weighted by molar-refractivity contribution is 7.41. The van der Waals surface area contributed by atoms with Gasteiger partial charge in [-0.2, -0.15) is 4.20 Å². The molecule has 0 radical (unpaired) electrons. The lowest BCUT2D eigenvalue weighted by atomic mass is 10.2. The van der Waals surface area contributed by atoms with E-state index >= 15 is 0 Å². The lowest BCUT2D eigenvalue weighted by Gasteiger charge is -2.27. The minimum atomic E-state index is -2.85. The quantitative estimate of drug-likeness (QED) is 0.525. The Morgan fingerprint density at radius 1 is 1.20 bits per heavy atom. The molecule has 2 unspecified atom stereocenters. The van der Waals surface area contributed by atoms with E-state index in [1.807, 2.05) is 0 Å². The van der Waals surface area contributed by atoms with Gasteiger partial charge < -0.3 is 0 Å². The van der Waals surface area contributed by atoms with Crippen molar-refractivity contribution < 1.29 is 22.0 Å². The Morgan fingerprint density at radius 3 is 2.00 bits per heavy atom. The van der Waals surface area contributed by atoms with Crippen LogP contribution in [0.1, 0.15) is 6.92 Å². The molecule has 2 atom stereocenters. The van der Waals surface area contributed by atoms with Gasteiger partial charge in [-0.05, 0) is 0 Å². The van der Waals surface area contributed by atoms with Gasteiger partial charge in [-0.1, -0.05) is 6.92 Å². The van der Waals surface area contributed by atoms with Crippen LogP contribution in [-0.2, 0) is 9.05 Å². The second-order valence-corrected chi connectivity index (χ2v) is 2.83. The molecule has 1 aliphatic rings. The first kappa shape index (κ1) is 8.24. The summed E-state index contributed by atoms with van der Waals surface area (Å²) in [6, 6.07) is 0. The van der Waals surface area contributed by atoms with Crippen molar-refractivity contribution in [3.63, 3.8) is 0 Å². The standard InChI is InChI=1S/C4H6F3O2P/c1-2-3(5)8-10(7)9-4(2)6/h2-4H,1H3. The molecule has 1 rings (SSSR count). The van der Waals surface area contributed by atoms with E-state index in [-0.39, 0.29) is 0 Å². The summed E-state index contributed by atoms with van der Waals surface area (Å²) in [5.41, 5.74) is 0. The maximum absolute atomic E-state index is 12.3. The van der Waals surface area contributed by atoms with E-state index in [1.165, 1.54) is 6.92 Å². The van der Waals surface area contributed by atoms with Crippen molar-refractivity contribution in [1.82, 2.24) is 0 Å². The number of halogens is 3. The zero-order chi connectivity index (χ0) is 7.72. The Balaban J connectivity index is 2.49. The van der Waals surface area contributed by atoms with Crippen LogP contribution in [-0.4, -0.2) is 12.7 Å². The van der Waals surface area contributed by atoms with Crippen molar-refractivity contribution in [2.24, 2.45) is 5.92 Å². The third-order valence-electron chi connectivity index (χ3n) is 1.19. The van der Waals surface area contributed by atoms with Crippen LogP contribution in [0.2, 0.25) is 0 Å². The summed E-state index contributed by atoms with van der Waals surface area (Å²) in [6.07, 6.45) is -3.78. The van der Waals surface area contributed by atoms with Crippen molar-refractivity contribution in [3.8, 4) is 0 Å². The summed E-state index contributed by atoms with van der Waals surface area (Å²) in [7, 11) is -2.85. The Kier molecular flexibility index (Phi) is 2.50. The molecule has 0 aromatic carbocycles. The van der Waals surface area contributed by atoms with Crippen LogP contribution >= 0.6 is 8.69 Å². The normalized spacial score (nSPS) is 49.2. The molecule has 1 saturated heterocycles. The Bertz CT molecular complexity index is 113. The zero-order valence-electron chi connectivity index (χ0n) is 5.13. The monoisotopic (exact) mass is 174 g/mol. The molecule has 0 aromatic rings. The van der Waals surface area contributed by atoms with E-state index < -0.39 is 27.3 Å². The molecule has 0 saturated carbocycles. The minimum Gasteiger partial charge on any atom is -0.273 e. The Hall–Kier alpha value is 0.140. The maximum Gasteiger partial charge on any atom is 0.380 e. The van der Waals surface area contributed by atoms with Crippen LogP contribution in [0.25, 0.3) is 0 Å². The minimum absolute atomic E-state index is 1.05. The molecule has 0 aromatic heterocycles. The summed E-state index contributed by atoms with van der Waals surface area (Å²) in [6.45, 7) is 1.25. The van der Waals surface area contributed by atoms with Gasteiger partial charge in [-0.15, -0.1) is 0 Å². The van der Waals surface area contributed by atoms with Gasteiger partial charge in [-0.3, -0.25) is 9.05 Å². The topological polar surface area (TPSA) is 18.5 Å². The average molecular weight is 174 g/mol. The molecule has 6 heteroatoms. The average Bonchev–Trinajstić information content (AvgIpc) is 1.82. The molecule has 0 amide bonds. The lowest BCUT2D eigenvalue weighted by molar-refractivity contribution is -0.123. The Labute approximate surface area is 57.3 Å². The fourth-order valence-corrected chi connectivity index (χ4v) is 1.24. The lowest BCUT2D eigenvalue weighted by Crippen LogP contribution is -2.29. The molecule has 1 heterocycles. The predicted molar refractivity (Wildman–Crippen MR) is 29.2 cm³/mol. The number of rotatable bonds is 0. The van der Waals surface area contributed by atoms with Crippen molar-refractivity contribution in [2.45, 2.75) is 19.6 Å². The number of hydrogen-bond acceptors (Lipinski definition) is 2. The predicted octanol–water partition coefficient (Wildman–Crippen LogP) is 2.46. The van der Waals surface area contributed by atoms with Crippen LogP contribution in [0.4, 0.5) is 13.0 Å². The Morgan fingerprint density at radius 2 is 1.60 bits per heavy atom. The second kappa shape index (κ2) is 3.03. The fourth-order valence-electron chi connectivity index (χ4n) is 0.494. The number of hydrogen-bond donors (Lipinski definition) is 0. The highest BCUT2D eigenvalue weighted by Crippen LogP contribution is 2.49. The van der Waals surface area contributed by atoms with Gasteiger partial charge in [0.15, 0.2) is 0 Å². The van der Waals surface area contributed by atoms with E-state index in [4.69, 9.17) is 0 Å². The van der Waals surface area contributed by atoms with Gasteiger partial charge >= 0.3 is 8.69 Å². The largest absolute Gasteiger partial charge is 0.380 e. The zero-order valence-corrected chi connectivity index (χ0v) is 6.02. The highest BCUT2D eigenvalue weighted by Gasteiger charge is 2.38. The van der Waals surface area contributed by atoms with Crippen LogP contribution in [0.3, 0.4) is 0 Å². The summed E-state index contributed by atoms with van der Waals surface area (Å²) >= 11 is 0. The second-order valence-electron chi connectivity index (χ2n) is 1.98. The van der Waals surface area contributed by atoms with Crippen molar-refractivity contribution in [2.75, 3.05) is 0 Å². The molecule has 60 valence electrons. The summed E-state index contributed by atoms with van der Waals surface area (Å²) < 4.78 is 44.5. The van der Waals surface area contributed by atoms with Crippen LogP contribution in [0, 0.1) is 5.92 Å². The summed E-state index contributed by atoms with van der Waals surface area (Å²) in [4.78, 5) is 0. The molecular formula is C4H6F3O2P. The van der Waals surface area contributed by atoms with Crippen LogP contribution in [0.5, 0.6) is 0 Å². The number of alkyl halides is 2. The molecule has 2 nitrogen and oxygen atoms in total. The summed E-state index contributed by atoms with van der Waals surface area (Å²) in [5, 5.41) is 0. The molecule has 1 aliphatic heterocycles. The first-order valence-corrected chi connectivity index (χ1v) is 3.75. The third-order valence-corrected chi connectivity index (χ3v) is 1.93. The molecular weight excluding hydrogens is 168 g/mol. The van der Waals surface area contributed by atoms with Gasteiger partial charge in [0.25, 0.3) is 0 Å². The molecule has 0 aliphatic carbocycles. The van der Waals surface area contributed by atoms with Crippen molar-refractivity contribution in [1.29, 1.82) is 0 Å². The van der Waals surface area contributed by atoms with Crippen molar-refractivity contribution >= 4 is 8.69 Å². The summed E-state index contributed by atoms with van der Waals surface area (Å²) in [5.74, 6) is -1.05. The van der Waals surface area contributed by atoms with E-state index in [2.05, 4.69) is 9.05 Å². The molecule has 0 bridgehead atoms. The van der Waals surface area contributed by atoms with E-state index in [1.54, 1.807) is 0 Å². The first-order chi connectivity index (χ1) is 4.61. The van der Waals surface area contributed by atoms with E-state index in [9.17, 15) is 13.0 Å². The van der Waals surface area contributed by atoms with Gasteiger partial charge in [0.1, 0.15) is 0 Å². The van der Waals surface area contributed by atoms with E-state index in [0.717, 1.165) is 0 Å². The maximum atomic E-state index is 12.3. The van der Waals surface area contributed by atoms with Crippen LogP contribution < -0.4 is 0 Å². The smallest absolute Gasteiger partial charge is 0.273 e. The van der Waals surface area contributed by atoms with Gasteiger partial charge in [0, 0.05) is 0 Å².